The average molecular weight is 380 g/mol. The predicted molar refractivity (Wildman–Crippen MR) is 96.6 cm³/mol. The molecule has 1 aromatic rings. The van der Waals surface area contributed by atoms with Crippen LogP contribution in [0, 0.1) is 5.92 Å². The first-order chi connectivity index (χ1) is 12.4. The molecule has 0 aromatic heterocycles. The molecule has 2 aliphatic rings. The largest absolute Gasteiger partial charge is 0.497 e. The van der Waals surface area contributed by atoms with Crippen LogP contribution in [0.25, 0.3) is 0 Å². The lowest BCUT2D eigenvalue weighted by molar-refractivity contribution is -0.130. The third-order valence-corrected chi connectivity index (χ3v) is 6.78. The first-order valence-electron chi connectivity index (χ1n) is 8.78. The minimum atomic E-state index is -3.05. The van der Waals surface area contributed by atoms with E-state index in [2.05, 4.69) is 5.32 Å². The maximum atomic E-state index is 12.4. The third kappa shape index (κ3) is 4.35. The Hall–Kier alpha value is -2.09. The van der Waals surface area contributed by atoms with Crippen molar-refractivity contribution in [1.82, 2.24) is 10.2 Å². The minimum absolute atomic E-state index is 0.0168. The van der Waals surface area contributed by atoms with Gasteiger partial charge in [-0.25, -0.2) is 8.42 Å². The lowest BCUT2D eigenvalue weighted by atomic mass is 10.1. The van der Waals surface area contributed by atoms with Crippen LogP contribution in [-0.4, -0.2) is 62.9 Å². The van der Waals surface area contributed by atoms with Gasteiger partial charge in [0.05, 0.1) is 24.5 Å². The zero-order valence-electron chi connectivity index (χ0n) is 14.8. The number of nitrogens with one attached hydrogen (secondary N) is 1. The Morgan fingerprint density at radius 3 is 2.88 bits per heavy atom. The molecule has 7 nitrogen and oxygen atoms in total. The van der Waals surface area contributed by atoms with Crippen molar-refractivity contribution >= 4 is 21.7 Å². The molecule has 2 amide bonds. The number of benzene rings is 1. The Labute approximate surface area is 153 Å². The van der Waals surface area contributed by atoms with Crippen molar-refractivity contribution in [2.45, 2.75) is 25.3 Å². The normalized spacial score (nSPS) is 24.7. The quantitative estimate of drug-likeness (QED) is 0.771. The Morgan fingerprint density at radius 2 is 2.19 bits per heavy atom. The van der Waals surface area contributed by atoms with E-state index in [-0.39, 0.29) is 35.8 Å². The second-order valence-corrected chi connectivity index (χ2v) is 9.13. The van der Waals surface area contributed by atoms with Gasteiger partial charge in [0.15, 0.2) is 9.84 Å². The number of likely N-dealkylation sites (tertiary alicyclic amines) is 1. The monoisotopic (exact) mass is 380 g/mol. The van der Waals surface area contributed by atoms with E-state index in [0.29, 0.717) is 25.9 Å². The van der Waals surface area contributed by atoms with Crippen molar-refractivity contribution in [2.75, 3.05) is 31.7 Å². The lowest BCUT2D eigenvalue weighted by Crippen LogP contribution is -2.39. The SMILES string of the molecule is COc1cccc(CCNC(=O)[C@H]2CC(=O)N([C@H]3CCS(=O)(=O)C3)C2)c1. The van der Waals surface area contributed by atoms with Crippen molar-refractivity contribution in [3.63, 3.8) is 0 Å². The molecule has 0 saturated carbocycles. The number of amides is 2. The maximum Gasteiger partial charge on any atom is 0.225 e. The van der Waals surface area contributed by atoms with E-state index in [9.17, 15) is 18.0 Å². The molecule has 3 rings (SSSR count). The van der Waals surface area contributed by atoms with Gasteiger partial charge in [-0.1, -0.05) is 12.1 Å². The molecule has 26 heavy (non-hydrogen) atoms. The summed E-state index contributed by atoms with van der Waals surface area (Å²) in [5, 5.41) is 2.88. The molecule has 2 saturated heterocycles. The van der Waals surface area contributed by atoms with Crippen molar-refractivity contribution in [2.24, 2.45) is 5.92 Å². The number of hydrogen-bond acceptors (Lipinski definition) is 5. The van der Waals surface area contributed by atoms with Gasteiger partial charge >= 0.3 is 0 Å². The zero-order chi connectivity index (χ0) is 18.7. The molecule has 142 valence electrons. The standard InChI is InChI=1S/C18H24N2O5S/c1-25-16-4-2-3-13(9-16)5-7-19-18(22)14-10-17(21)20(11-14)15-6-8-26(23,24)12-15/h2-4,9,14-15H,5-8,10-12H2,1H3,(H,19,22)/t14-,15-/m0/s1. The van der Waals surface area contributed by atoms with Crippen molar-refractivity contribution in [3.05, 3.63) is 29.8 Å². The van der Waals surface area contributed by atoms with Gasteiger partial charge in [0.25, 0.3) is 0 Å². The summed E-state index contributed by atoms with van der Waals surface area (Å²) in [6, 6.07) is 7.38. The van der Waals surface area contributed by atoms with Crippen LogP contribution in [0.15, 0.2) is 24.3 Å². The summed E-state index contributed by atoms with van der Waals surface area (Å²) in [4.78, 5) is 26.1. The van der Waals surface area contributed by atoms with Gasteiger partial charge in [-0.3, -0.25) is 9.59 Å². The van der Waals surface area contributed by atoms with E-state index < -0.39 is 15.8 Å². The molecule has 2 aliphatic heterocycles. The minimum Gasteiger partial charge on any atom is -0.497 e. The molecule has 1 aromatic carbocycles. The molecule has 0 bridgehead atoms. The topological polar surface area (TPSA) is 92.8 Å². The van der Waals surface area contributed by atoms with E-state index in [1.54, 1.807) is 12.0 Å². The van der Waals surface area contributed by atoms with Crippen molar-refractivity contribution in [1.29, 1.82) is 0 Å². The maximum absolute atomic E-state index is 12.4. The third-order valence-electron chi connectivity index (χ3n) is 5.03. The highest BCUT2D eigenvalue weighted by atomic mass is 32.2. The fraction of sp³-hybridized carbons (Fsp3) is 0.556. The molecule has 8 heteroatoms. The van der Waals surface area contributed by atoms with Crippen LogP contribution in [0.5, 0.6) is 5.75 Å². The highest BCUT2D eigenvalue weighted by Crippen LogP contribution is 2.26. The van der Waals surface area contributed by atoms with Crippen molar-refractivity contribution in [3.8, 4) is 5.75 Å². The smallest absolute Gasteiger partial charge is 0.225 e. The number of carbonyl (C=O) groups excluding carboxylic acids is 2. The van der Waals surface area contributed by atoms with E-state index in [4.69, 9.17) is 4.74 Å². The molecular formula is C18H24N2O5S. The van der Waals surface area contributed by atoms with Gasteiger partial charge in [0, 0.05) is 25.6 Å². The summed E-state index contributed by atoms with van der Waals surface area (Å²) in [5.74, 6) is 0.236. The molecule has 0 aliphatic carbocycles. The number of methoxy groups -OCH3 is 1. The number of carbonyl (C=O) groups is 2. The van der Waals surface area contributed by atoms with Crippen LogP contribution in [0.3, 0.4) is 0 Å². The summed E-state index contributed by atoms with van der Waals surface area (Å²) in [5.41, 5.74) is 1.06. The van der Waals surface area contributed by atoms with Gasteiger partial charge < -0.3 is 15.0 Å². The highest BCUT2D eigenvalue weighted by Gasteiger charge is 2.41. The van der Waals surface area contributed by atoms with Crippen LogP contribution in [-0.2, 0) is 25.8 Å². The Bertz CT molecular complexity index is 793. The summed E-state index contributed by atoms with van der Waals surface area (Å²) >= 11 is 0. The molecule has 1 N–H and O–H groups in total. The zero-order valence-corrected chi connectivity index (χ0v) is 15.6. The van der Waals surface area contributed by atoms with E-state index >= 15 is 0 Å². The Morgan fingerprint density at radius 1 is 1.38 bits per heavy atom. The number of rotatable bonds is 6. The first kappa shape index (κ1) is 18.7. The number of hydrogen-bond donors (Lipinski definition) is 1. The van der Waals surface area contributed by atoms with Crippen LogP contribution >= 0.6 is 0 Å². The molecule has 0 spiro atoms. The number of sulfone groups is 1. The van der Waals surface area contributed by atoms with Crippen LogP contribution in [0.2, 0.25) is 0 Å². The molecular weight excluding hydrogens is 356 g/mol. The van der Waals surface area contributed by atoms with Gasteiger partial charge in [-0.05, 0) is 30.5 Å². The highest BCUT2D eigenvalue weighted by molar-refractivity contribution is 7.91. The Balaban J connectivity index is 1.49. The first-order valence-corrected chi connectivity index (χ1v) is 10.6. The van der Waals surface area contributed by atoms with E-state index in [1.807, 2.05) is 24.3 Å². The molecule has 2 atom stereocenters. The van der Waals surface area contributed by atoms with Gasteiger partial charge in [0.2, 0.25) is 11.8 Å². The average Bonchev–Trinajstić information content (AvgIpc) is 3.17. The van der Waals surface area contributed by atoms with Crippen LogP contribution in [0.4, 0.5) is 0 Å². The second-order valence-electron chi connectivity index (χ2n) is 6.90. The predicted octanol–water partition coefficient (Wildman–Crippen LogP) is 0.390. The fourth-order valence-corrected chi connectivity index (χ4v) is 5.31. The molecule has 2 heterocycles. The fourth-order valence-electron chi connectivity index (χ4n) is 3.58. The molecule has 0 unspecified atom stereocenters. The van der Waals surface area contributed by atoms with Gasteiger partial charge in [0.1, 0.15) is 5.75 Å². The van der Waals surface area contributed by atoms with E-state index in [1.165, 1.54) is 0 Å². The summed E-state index contributed by atoms with van der Waals surface area (Å²) < 4.78 is 28.4. The molecule has 2 fully saturated rings. The van der Waals surface area contributed by atoms with Gasteiger partial charge in [-0.2, -0.15) is 0 Å². The van der Waals surface area contributed by atoms with Gasteiger partial charge in [-0.15, -0.1) is 0 Å². The van der Waals surface area contributed by atoms with E-state index in [0.717, 1.165) is 11.3 Å². The Kier molecular flexibility index (Phi) is 5.50. The van der Waals surface area contributed by atoms with Crippen LogP contribution < -0.4 is 10.1 Å². The molecule has 0 radical (unpaired) electrons. The summed E-state index contributed by atoms with van der Waals surface area (Å²) in [7, 11) is -1.44. The summed E-state index contributed by atoms with van der Waals surface area (Å²) in [6.45, 7) is 0.790. The number of nitrogens with zero attached hydrogens (tertiary/aromatic N) is 1. The second kappa shape index (κ2) is 7.65. The lowest BCUT2D eigenvalue weighted by Gasteiger charge is -2.22. The number of ether oxygens (including phenoxy) is 1. The summed E-state index contributed by atoms with van der Waals surface area (Å²) in [6.07, 6.45) is 1.30. The van der Waals surface area contributed by atoms with Crippen LogP contribution in [0.1, 0.15) is 18.4 Å². The van der Waals surface area contributed by atoms with Crippen molar-refractivity contribution < 1.29 is 22.7 Å².